The first-order valence-electron chi connectivity index (χ1n) is 7.02. The summed E-state index contributed by atoms with van der Waals surface area (Å²) in [6, 6.07) is 12.4. The van der Waals surface area contributed by atoms with Gasteiger partial charge in [0.05, 0.1) is 5.56 Å². The van der Waals surface area contributed by atoms with Crippen LogP contribution in [0.2, 0.25) is 0 Å². The standard InChI is InChI=1S/C17H15BrF3NO/c18-15-4-2-1-3-13(15)7-10-16(23)22-11-12-5-8-14(9-6-12)17(19,20)21/h1-6,8-9H,7,10-11H2,(H,22,23). The van der Waals surface area contributed by atoms with Gasteiger partial charge in [-0.25, -0.2) is 0 Å². The maximum atomic E-state index is 12.5. The van der Waals surface area contributed by atoms with Crippen LogP contribution in [0.4, 0.5) is 13.2 Å². The molecule has 0 fully saturated rings. The third-order valence-corrected chi connectivity index (χ3v) is 4.12. The van der Waals surface area contributed by atoms with Crippen molar-refractivity contribution in [2.24, 2.45) is 0 Å². The van der Waals surface area contributed by atoms with Gasteiger partial charge in [-0.05, 0) is 35.7 Å². The molecule has 6 heteroatoms. The Balaban J connectivity index is 1.81. The van der Waals surface area contributed by atoms with Crippen molar-refractivity contribution in [2.75, 3.05) is 0 Å². The number of amides is 1. The predicted octanol–water partition coefficient (Wildman–Crippen LogP) is 4.72. The average molecular weight is 386 g/mol. The van der Waals surface area contributed by atoms with E-state index < -0.39 is 11.7 Å². The topological polar surface area (TPSA) is 29.1 Å². The molecular weight excluding hydrogens is 371 g/mol. The lowest BCUT2D eigenvalue weighted by Crippen LogP contribution is -2.23. The van der Waals surface area contributed by atoms with Crippen LogP contribution in [0.25, 0.3) is 0 Å². The molecule has 122 valence electrons. The number of hydrogen-bond donors (Lipinski definition) is 1. The quantitative estimate of drug-likeness (QED) is 0.792. The van der Waals surface area contributed by atoms with E-state index >= 15 is 0 Å². The fourth-order valence-corrected chi connectivity index (χ4v) is 2.53. The highest BCUT2D eigenvalue weighted by Crippen LogP contribution is 2.29. The summed E-state index contributed by atoms with van der Waals surface area (Å²) in [6.45, 7) is 0.215. The van der Waals surface area contributed by atoms with Crippen LogP contribution in [0.5, 0.6) is 0 Å². The summed E-state index contributed by atoms with van der Waals surface area (Å²) in [6.07, 6.45) is -3.42. The molecule has 2 nitrogen and oxygen atoms in total. The molecule has 1 amide bonds. The molecule has 2 aromatic carbocycles. The van der Waals surface area contributed by atoms with Crippen molar-refractivity contribution in [3.05, 3.63) is 69.7 Å². The third kappa shape index (κ3) is 5.39. The Kier molecular flexibility index (Phi) is 5.82. The number of carbonyl (C=O) groups excluding carboxylic acids is 1. The SMILES string of the molecule is O=C(CCc1ccccc1Br)NCc1ccc(C(F)(F)F)cc1. The molecular formula is C17H15BrF3NO. The lowest BCUT2D eigenvalue weighted by molar-refractivity contribution is -0.137. The van der Waals surface area contributed by atoms with E-state index in [1.54, 1.807) is 0 Å². The predicted molar refractivity (Wildman–Crippen MR) is 85.8 cm³/mol. The molecule has 0 unspecified atom stereocenters. The Labute approximate surface area is 140 Å². The number of benzene rings is 2. The molecule has 0 aliphatic carbocycles. The van der Waals surface area contributed by atoms with Gasteiger partial charge in [-0.3, -0.25) is 4.79 Å². The Hall–Kier alpha value is -1.82. The first kappa shape index (κ1) is 17.5. The van der Waals surface area contributed by atoms with Gasteiger partial charge in [0.2, 0.25) is 5.91 Å². The van der Waals surface area contributed by atoms with Gasteiger partial charge in [0, 0.05) is 17.4 Å². The highest BCUT2D eigenvalue weighted by molar-refractivity contribution is 9.10. The summed E-state index contributed by atoms with van der Waals surface area (Å²) >= 11 is 3.42. The summed E-state index contributed by atoms with van der Waals surface area (Å²) < 4.78 is 38.3. The molecule has 0 atom stereocenters. The first-order valence-corrected chi connectivity index (χ1v) is 7.82. The van der Waals surface area contributed by atoms with Crippen LogP contribution >= 0.6 is 15.9 Å². The summed E-state index contributed by atoms with van der Waals surface area (Å²) in [4.78, 5) is 11.8. The van der Waals surface area contributed by atoms with Gasteiger partial charge < -0.3 is 5.32 Å². The number of aryl methyl sites for hydroxylation is 1. The number of nitrogens with one attached hydrogen (secondary N) is 1. The van der Waals surface area contributed by atoms with E-state index in [0.29, 0.717) is 18.4 Å². The molecule has 2 rings (SSSR count). The van der Waals surface area contributed by atoms with Crippen LogP contribution in [-0.2, 0) is 23.9 Å². The normalized spacial score (nSPS) is 11.3. The Morgan fingerprint density at radius 3 is 2.30 bits per heavy atom. The third-order valence-electron chi connectivity index (χ3n) is 3.35. The number of carbonyl (C=O) groups is 1. The van der Waals surface area contributed by atoms with Crippen molar-refractivity contribution >= 4 is 21.8 Å². The van der Waals surface area contributed by atoms with Crippen molar-refractivity contribution in [1.82, 2.24) is 5.32 Å². The lowest BCUT2D eigenvalue weighted by atomic mass is 10.1. The van der Waals surface area contributed by atoms with E-state index in [9.17, 15) is 18.0 Å². The number of rotatable bonds is 5. The fourth-order valence-electron chi connectivity index (χ4n) is 2.05. The second kappa shape index (κ2) is 7.64. The van der Waals surface area contributed by atoms with Gasteiger partial charge >= 0.3 is 6.18 Å². The van der Waals surface area contributed by atoms with Gasteiger partial charge in [0.1, 0.15) is 0 Å². The highest BCUT2D eigenvalue weighted by Gasteiger charge is 2.29. The molecule has 1 N–H and O–H groups in total. The first-order chi connectivity index (χ1) is 10.9. The highest BCUT2D eigenvalue weighted by atomic mass is 79.9. The molecule has 0 bridgehead atoms. The van der Waals surface area contributed by atoms with E-state index in [1.165, 1.54) is 12.1 Å². The van der Waals surface area contributed by atoms with Crippen LogP contribution in [0.1, 0.15) is 23.1 Å². The lowest BCUT2D eigenvalue weighted by Gasteiger charge is -2.09. The van der Waals surface area contributed by atoms with Gasteiger partial charge in [0.25, 0.3) is 0 Å². The van der Waals surface area contributed by atoms with E-state index in [2.05, 4.69) is 21.2 Å². The maximum Gasteiger partial charge on any atom is 0.416 e. The molecule has 0 aromatic heterocycles. The van der Waals surface area contributed by atoms with Crippen LogP contribution in [0, 0.1) is 0 Å². The van der Waals surface area contributed by atoms with Crippen molar-refractivity contribution in [3.8, 4) is 0 Å². The summed E-state index contributed by atoms with van der Waals surface area (Å²) in [5.41, 5.74) is 0.978. The van der Waals surface area contributed by atoms with Crippen molar-refractivity contribution in [1.29, 1.82) is 0 Å². The zero-order valence-electron chi connectivity index (χ0n) is 12.2. The van der Waals surface area contributed by atoms with Crippen LogP contribution in [-0.4, -0.2) is 5.91 Å². The molecule has 0 aliphatic heterocycles. The van der Waals surface area contributed by atoms with Crippen LogP contribution in [0.15, 0.2) is 53.0 Å². The summed E-state index contributed by atoms with van der Waals surface area (Å²) in [7, 11) is 0. The molecule has 0 spiro atoms. The second-order valence-electron chi connectivity index (χ2n) is 5.06. The molecule has 0 saturated carbocycles. The molecule has 0 heterocycles. The van der Waals surface area contributed by atoms with E-state index in [4.69, 9.17) is 0 Å². The van der Waals surface area contributed by atoms with E-state index in [1.807, 2.05) is 24.3 Å². The van der Waals surface area contributed by atoms with Gasteiger partial charge in [-0.2, -0.15) is 13.2 Å². The van der Waals surface area contributed by atoms with E-state index in [0.717, 1.165) is 22.2 Å². The number of halogens is 4. The molecule has 0 saturated heterocycles. The molecule has 2 aromatic rings. The van der Waals surface area contributed by atoms with Gasteiger partial charge in [-0.15, -0.1) is 0 Å². The Morgan fingerprint density at radius 1 is 1.04 bits per heavy atom. The maximum absolute atomic E-state index is 12.5. The monoisotopic (exact) mass is 385 g/mol. The molecule has 23 heavy (non-hydrogen) atoms. The summed E-state index contributed by atoms with van der Waals surface area (Å²) in [5.74, 6) is -0.138. The molecule has 0 aliphatic rings. The minimum absolute atomic E-state index is 0.138. The molecule has 0 radical (unpaired) electrons. The fraction of sp³-hybridized carbons (Fsp3) is 0.235. The Morgan fingerprint density at radius 2 is 1.70 bits per heavy atom. The second-order valence-corrected chi connectivity index (χ2v) is 5.92. The zero-order chi connectivity index (χ0) is 16.9. The average Bonchev–Trinajstić information content (AvgIpc) is 2.51. The van der Waals surface area contributed by atoms with Gasteiger partial charge in [0.15, 0.2) is 0 Å². The minimum Gasteiger partial charge on any atom is -0.352 e. The summed E-state index contributed by atoms with van der Waals surface area (Å²) in [5, 5.41) is 2.71. The number of hydrogen-bond acceptors (Lipinski definition) is 1. The largest absolute Gasteiger partial charge is 0.416 e. The Bertz CT molecular complexity index is 668. The van der Waals surface area contributed by atoms with Crippen molar-refractivity contribution in [2.45, 2.75) is 25.6 Å². The van der Waals surface area contributed by atoms with Crippen molar-refractivity contribution < 1.29 is 18.0 Å². The minimum atomic E-state index is -4.34. The van der Waals surface area contributed by atoms with Gasteiger partial charge in [-0.1, -0.05) is 46.3 Å². The zero-order valence-corrected chi connectivity index (χ0v) is 13.7. The van der Waals surface area contributed by atoms with Crippen LogP contribution in [0.3, 0.4) is 0 Å². The van der Waals surface area contributed by atoms with E-state index in [-0.39, 0.29) is 12.5 Å². The van der Waals surface area contributed by atoms with Crippen LogP contribution < -0.4 is 5.32 Å². The van der Waals surface area contributed by atoms with Crippen molar-refractivity contribution in [3.63, 3.8) is 0 Å². The number of alkyl halides is 3. The smallest absolute Gasteiger partial charge is 0.352 e.